The lowest BCUT2D eigenvalue weighted by molar-refractivity contribution is 0.00879. The Labute approximate surface area is 196 Å². The van der Waals surface area contributed by atoms with Crippen molar-refractivity contribution in [2.45, 2.75) is 31.3 Å². The highest BCUT2D eigenvalue weighted by Crippen LogP contribution is 2.29. The summed E-state index contributed by atoms with van der Waals surface area (Å²) in [5.41, 5.74) is 1.64. The number of rotatable bonds is 6. The number of para-hydroxylation sites is 1. The number of anilines is 2. The van der Waals surface area contributed by atoms with Crippen LogP contribution in [0.1, 0.15) is 17.3 Å². The minimum Gasteiger partial charge on any atom is -0.462 e. The fourth-order valence-electron chi connectivity index (χ4n) is 3.77. The molecule has 4 rings (SSSR count). The highest BCUT2D eigenvalue weighted by Gasteiger charge is 2.49. The van der Waals surface area contributed by atoms with Crippen LogP contribution in [0, 0.1) is 0 Å². The quantitative estimate of drug-likeness (QED) is 0.433. The number of hydrogen-bond acceptors (Lipinski definition) is 7. The molecule has 0 aromatic heterocycles. The SMILES string of the molecule is CCOC(=O)c1cccc(NC(=O)O[C@H]2CO[C@@H]3[C@@H]2OC[C@@H]3NC(=S)Nc2ccccc2)c1. The van der Waals surface area contributed by atoms with Gasteiger partial charge in [0.1, 0.15) is 12.2 Å². The molecule has 4 atom stereocenters. The number of benzene rings is 2. The molecule has 174 valence electrons. The molecular formula is C23H25N3O6S. The van der Waals surface area contributed by atoms with Gasteiger partial charge in [0, 0.05) is 11.4 Å². The maximum absolute atomic E-state index is 12.4. The predicted octanol–water partition coefficient (Wildman–Crippen LogP) is 2.93. The Morgan fingerprint density at radius 2 is 1.76 bits per heavy atom. The van der Waals surface area contributed by atoms with Gasteiger partial charge < -0.3 is 29.6 Å². The molecule has 0 saturated carbocycles. The van der Waals surface area contributed by atoms with E-state index in [0.29, 0.717) is 23.0 Å². The second kappa shape index (κ2) is 10.6. The second-order valence-corrected chi connectivity index (χ2v) is 7.95. The molecule has 0 spiro atoms. The molecule has 0 bridgehead atoms. The Morgan fingerprint density at radius 3 is 2.55 bits per heavy atom. The minimum absolute atomic E-state index is 0.170. The molecule has 0 unspecified atom stereocenters. The van der Waals surface area contributed by atoms with Gasteiger partial charge in [-0.1, -0.05) is 24.3 Å². The van der Waals surface area contributed by atoms with Crippen LogP contribution in [-0.4, -0.2) is 61.3 Å². The van der Waals surface area contributed by atoms with Gasteiger partial charge in [-0.3, -0.25) is 5.32 Å². The van der Waals surface area contributed by atoms with E-state index in [0.717, 1.165) is 5.69 Å². The van der Waals surface area contributed by atoms with Crippen molar-refractivity contribution >= 4 is 40.8 Å². The average molecular weight is 472 g/mol. The monoisotopic (exact) mass is 471 g/mol. The highest BCUT2D eigenvalue weighted by molar-refractivity contribution is 7.80. The van der Waals surface area contributed by atoms with Crippen LogP contribution in [0.3, 0.4) is 0 Å². The van der Waals surface area contributed by atoms with E-state index in [1.165, 1.54) is 6.07 Å². The molecule has 33 heavy (non-hydrogen) atoms. The maximum atomic E-state index is 12.4. The van der Waals surface area contributed by atoms with Crippen molar-refractivity contribution in [2.24, 2.45) is 0 Å². The first-order valence-corrected chi connectivity index (χ1v) is 11.0. The Bertz CT molecular complexity index is 1000. The largest absolute Gasteiger partial charge is 0.462 e. The average Bonchev–Trinajstić information content (AvgIpc) is 3.38. The van der Waals surface area contributed by atoms with Crippen LogP contribution < -0.4 is 16.0 Å². The van der Waals surface area contributed by atoms with Gasteiger partial charge in [0.15, 0.2) is 11.2 Å². The van der Waals surface area contributed by atoms with Crippen molar-refractivity contribution < 1.29 is 28.5 Å². The number of thiocarbonyl (C=S) groups is 1. The Hall–Kier alpha value is -3.21. The van der Waals surface area contributed by atoms with Gasteiger partial charge in [0.2, 0.25) is 0 Å². The topological polar surface area (TPSA) is 107 Å². The smallest absolute Gasteiger partial charge is 0.412 e. The van der Waals surface area contributed by atoms with Crippen LogP contribution in [-0.2, 0) is 18.9 Å². The number of ether oxygens (including phenoxy) is 4. The molecule has 1 amide bonds. The van der Waals surface area contributed by atoms with Crippen LogP contribution in [0.15, 0.2) is 54.6 Å². The first kappa shape index (κ1) is 23.0. The van der Waals surface area contributed by atoms with Gasteiger partial charge in [-0.15, -0.1) is 0 Å². The molecule has 0 aliphatic carbocycles. The van der Waals surface area contributed by atoms with Gasteiger partial charge in [0.05, 0.1) is 31.4 Å². The van der Waals surface area contributed by atoms with E-state index in [2.05, 4.69) is 16.0 Å². The Morgan fingerprint density at radius 1 is 1.00 bits per heavy atom. The molecular weight excluding hydrogens is 446 g/mol. The lowest BCUT2D eigenvalue weighted by Gasteiger charge is -2.20. The zero-order valence-corrected chi connectivity index (χ0v) is 18.8. The second-order valence-electron chi connectivity index (χ2n) is 7.54. The normalized spacial score (nSPS) is 23.3. The number of carbonyl (C=O) groups is 2. The molecule has 2 aromatic rings. The molecule has 3 N–H and O–H groups in total. The summed E-state index contributed by atoms with van der Waals surface area (Å²) in [6.45, 7) is 2.58. The summed E-state index contributed by atoms with van der Waals surface area (Å²) in [4.78, 5) is 24.3. The molecule has 9 nitrogen and oxygen atoms in total. The molecule has 2 aliphatic heterocycles. The third-order valence-electron chi connectivity index (χ3n) is 5.23. The Kier molecular flexibility index (Phi) is 7.38. The summed E-state index contributed by atoms with van der Waals surface area (Å²) in [5.74, 6) is -0.459. The highest BCUT2D eigenvalue weighted by atomic mass is 32.1. The molecule has 2 saturated heterocycles. The standard InChI is InChI=1S/C23H25N3O6S/c1-2-29-21(27)14-7-6-10-16(11-14)25-23(28)32-18-13-31-19-17(12-30-20(18)19)26-22(33)24-15-8-4-3-5-9-15/h3-11,17-20H,2,12-13H2,1H3,(H,25,28)(H2,24,26,33)/t17-,18-,19-,20+/m0/s1. The van der Waals surface area contributed by atoms with Crippen molar-refractivity contribution in [1.29, 1.82) is 0 Å². The van der Waals surface area contributed by atoms with E-state index in [1.54, 1.807) is 25.1 Å². The fourth-order valence-corrected chi connectivity index (χ4v) is 4.04. The zero-order chi connectivity index (χ0) is 23.2. The molecule has 2 aliphatic rings. The van der Waals surface area contributed by atoms with Crippen molar-refractivity contribution in [3.05, 3.63) is 60.2 Å². The van der Waals surface area contributed by atoms with E-state index in [4.69, 9.17) is 31.2 Å². The van der Waals surface area contributed by atoms with E-state index < -0.39 is 24.3 Å². The van der Waals surface area contributed by atoms with E-state index in [1.807, 2.05) is 30.3 Å². The lowest BCUT2D eigenvalue weighted by atomic mass is 10.1. The summed E-state index contributed by atoms with van der Waals surface area (Å²) >= 11 is 5.39. The molecule has 2 aromatic carbocycles. The number of carbonyl (C=O) groups excluding carboxylic acids is 2. The predicted molar refractivity (Wildman–Crippen MR) is 125 cm³/mol. The van der Waals surface area contributed by atoms with Crippen molar-refractivity contribution in [3.8, 4) is 0 Å². The molecule has 2 fully saturated rings. The summed E-state index contributed by atoms with van der Waals surface area (Å²) in [5, 5.41) is 9.42. The van der Waals surface area contributed by atoms with Gasteiger partial charge in [-0.25, -0.2) is 9.59 Å². The summed E-state index contributed by atoms with van der Waals surface area (Å²) in [7, 11) is 0. The van der Waals surface area contributed by atoms with E-state index in [9.17, 15) is 9.59 Å². The third-order valence-corrected chi connectivity index (χ3v) is 5.45. The number of nitrogens with one attached hydrogen (secondary N) is 3. The first-order chi connectivity index (χ1) is 16.0. The van der Waals surface area contributed by atoms with E-state index in [-0.39, 0.29) is 25.4 Å². The number of fused-ring (bicyclic) bond motifs is 1. The molecule has 2 heterocycles. The number of amides is 1. The van der Waals surface area contributed by atoms with Gasteiger partial charge in [-0.2, -0.15) is 0 Å². The van der Waals surface area contributed by atoms with Crippen LogP contribution in [0.25, 0.3) is 0 Å². The van der Waals surface area contributed by atoms with Gasteiger partial charge in [0.25, 0.3) is 0 Å². The van der Waals surface area contributed by atoms with Crippen LogP contribution in [0.5, 0.6) is 0 Å². The Balaban J connectivity index is 1.28. The lowest BCUT2D eigenvalue weighted by Crippen LogP contribution is -2.46. The zero-order valence-electron chi connectivity index (χ0n) is 18.0. The van der Waals surface area contributed by atoms with Crippen LogP contribution >= 0.6 is 12.2 Å². The third kappa shape index (κ3) is 5.78. The summed E-state index contributed by atoms with van der Waals surface area (Å²) < 4.78 is 22.2. The van der Waals surface area contributed by atoms with Gasteiger partial charge >= 0.3 is 12.1 Å². The first-order valence-electron chi connectivity index (χ1n) is 10.6. The number of hydrogen-bond donors (Lipinski definition) is 3. The van der Waals surface area contributed by atoms with Crippen LogP contribution in [0.4, 0.5) is 16.2 Å². The molecule has 0 radical (unpaired) electrons. The maximum Gasteiger partial charge on any atom is 0.412 e. The summed E-state index contributed by atoms with van der Waals surface area (Å²) in [6.07, 6.45) is -1.93. The minimum atomic E-state index is -0.661. The van der Waals surface area contributed by atoms with Gasteiger partial charge in [-0.05, 0) is 49.5 Å². The summed E-state index contributed by atoms with van der Waals surface area (Å²) in [6, 6.07) is 15.9. The van der Waals surface area contributed by atoms with Crippen molar-refractivity contribution in [3.63, 3.8) is 0 Å². The van der Waals surface area contributed by atoms with E-state index >= 15 is 0 Å². The van der Waals surface area contributed by atoms with Crippen molar-refractivity contribution in [2.75, 3.05) is 30.5 Å². The molecule has 10 heteroatoms. The number of esters is 1. The van der Waals surface area contributed by atoms with Crippen LogP contribution in [0.2, 0.25) is 0 Å². The van der Waals surface area contributed by atoms with Crippen molar-refractivity contribution in [1.82, 2.24) is 5.32 Å². The fraction of sp³-hybridized carbons (Fsp3) is 0.348.